The standard InChI is InChI=1S/C14H21O5P/c1-5-18-20(16,19-6-2)13(14(15)17-4)12-9-7-8-11(3)10-12/h7-10,13H,5-6H2,1-4H3/t13-/m0/s1. The van der Waals surface area contributed by atoms with Gasteiger partial charge in [0.15, 0.2) is 5.66 Å². The number of esters is 1. The summed E-state index contributed by atoms with van der Waals surface area (Å²) in [5.41, 5.74) is 0.463. The van der Waals surface area contributed by atoms with E-state index >= 15 is 0 Å². The molecular formula is C14H21O5P. The van der Waals surface area contributed by atoms with Gasteiger partial charge < -0.3 is 13.8 Å². The largest absolute Gasteiger partial charge is 0.468 e. The summed E-state index contributed by atoms with van der Waals surface area (Å²) < 4.78 is 28.2. The normalized spacial score (nSPS) is 13.0. The third-order valence-corrected chi connectivity index (χ3v) is 5.09. The van der Waals surface area contributed by atoms with Crippen LogP contribution in [0.15, 0.2) is 24.3 Å². The Morgan fingerprint density at radius 1 is 1.25 bits per heavy atom. The Morgan fingerprint density at radius 3 is 2.30 bits per heavy atom. The van der Waals surface area contributed by atoms with Crippen molar-refractivity contribution in [2.75, 3.05) is 20.3 Å². The van der Waals surface area contributed by atoms with Gasteiger partial charge in [0.1, 0.15) is 0 Å². The minimum absolute atomic E-state index is 0.191. The molecule has 0 spiro atoms. The van der Waals surface area contributed by atoms with Crippen molar-refractivity contribution in [3.8, 4) is 0 Å². The summed E-state index contributed by atoms with van der Waals surface area (Å²) in [5, 5.41) is 0. The molecule has 1 aromatic carbocycles. The van der Waals surface area contributed by atoms with Crippen LogP contribution in [0.25, 0.3) is 0 Å². The minimum Gasteiger partial charge on any atom is -0.468 e. The lowest BCUT2D eigenvalue weighted by atomic mass is 10.1. The fourth-order valence-corrected chi connectivity index (χ4v) is 3.93. The van der Waals surface area contributed by atoms with Gasteiger partial charge in [-0.1, -0.05) is 29.8 Å². The van der Waals surface area contributed by atoms with Crippen LogP contribution >= 0.6 is 7.60 Å². The molecular weight excluding hydrogens is 279 g/mol. The zero-order valence-electron chi connectivity index (χ0n) is 12.3. The Bertz CT molecular complexity index is 490. The van der Waals surface area contributed by atoms with Crippen molar-refractivity contribution in [3.05, 3.63) is 35.4 Å². The number of methoxy groups -OCH3 is 1. The van der Waals surface area contributed by atoms with E-state index in [1.165, 1.54) is 7.11 Å². The van der Waals surface area contributed by atoms with Crippen molar-refractivity contribution in [1.82, 2.24) is 0 Å². The van der Waals surface area contributed by atoms with Crippen LogP contribution < -0.4 is 0 Å². The number of carbonyl (C=O) groups is 1. The van der Waals surface area contributed by atoms with E-state index in [4.69, 9.17) is 13.8 Å². The molecule has 6 heteroatoms. The lowest BCUT2D eigenvalue weighted by molar-refractivity contribution is -0.140. The monoisotopic (exact) mass is 300 g/mol. The van der Waals surface area contributed by atoms with Gasteiger partial charge in [0.25, 0.3) is 0 Å². The van der Waals surface area contributed by atoms with Gasteiger partial charge in [0.2, 0.25) is 0 Å². The molecule has 0 N–H and O–H groups in total. The maximum absolute atomic E-state index is 12.9. The van der Waals surface area contributed by atoms with Gasteiger partial charge in [0.05, 0.1) is 20.3 Å². The molecule has 0 fully saturated rings. The molecule has 0 aliphatic heterocycles. The Morgan fingerprint density at radius 2 is 1.85 bits per heavy atom. The second-order valence-electron chi connectivity index (χ2n) is 4.22. The molecule has 0 amide bonds. The number of carbonyl (C=O) groups excluding carboxylic acids is 1. The molecule has 112 valence electrons. The van der Waals surface area contributed by atoms with Crippen LogP contribution in [-0.2, 0) is 23.1 Å². The van der Waals surface area contributed by atoms with E-state index in [0.717, 1.165) is 5.56 Å². The Hall–Kier alpha value is -1.16. The fraction of sp³-hybridized carbons (Fsp3) is 0.500. The predicted molar refractivity (Wildman–Crippen MR) is 76.8 cm³/mol. The zero-order chi connectivity index (χ0) is 15.2. The van der Waals surface area contributed by atoms with Crippen molar-refractivity contribution < 1.29 is 23.1 Å². The summed E-state index contributed by atoms with van der Waals surface area (Å²) >= 11 is 0. The van der Waals surface area contributed by atoms with Gasteiger partial charge in [-0.2, -0.15) is 0 Å². The van der Waals surface area contributed by atoms with E-state index in [1.807, 2.05) is 13.0 Å². The van der Waals surface area contributed by atoms with Gasteiger partial charge in [-0.3, -0.25) is 9.36 Å². The molecule has 0 saturated heterocycles. The van der Waals surface area contributed by atoms with Crippen LogP contribution in [0.2, 0.25) is 0 Å². The first kappa shape index (κ1) is 16.9. The lowest BCUT2D eigenvalue weighted by Crippen LogP contribution is -2.18. The molecule has 0 radical (unpaired) electrons. The van der Waals surface area contributed by atoms with Gasteiger partial charge >= 0.3 is 13.6 Å². The maximum Gasteiger partial charge on any atom is 0.349 e. The number of hydrogen-bond donors (Lipinski definition) is 0. The molecule has 1 aromatic rings. The summed E-state index contributed by atoms with van der Waals surface area (Å²) in [5.74, 6) is -0.624. The van der Waals surface area contributed by atoms with Crippen molar-refractivity contribution in [3.63, 3.8) is 0 Å². The van der Waals surface area contributed by atoms with Crippen LogP contribution in [-0.4, -0.2) is 26.3 Å². The van der Waals surface area contributed by atoms with Crippen molar-refractivity contribution in [2.24, 2.45) is 0 Å². The number of aryl methyl sites for hydroxylation is 1. The van der Waals surface area contributed by atoms with Crippen LogP contribution in [0.5, 0.6) is 0 Å². The first-order valence-corrected chi connectivity index (χ1v) is 8.12. The van der Waals surface area contributed by atoms with E-state index in [0.29, 0.717) is 5.56 Å². The van der Waals surface area contributed by atoms with Gasteiger partial charge in [0, 0.05) is 0 Å². The Labute approximate surface area is 119 Å². The van der Waals surface area contributed by atoms with E-state index < -0.39 is 19.2 Å². The Kier molecular flexibility index (Phi) is 6.40. The van der Waals surface area contributed by atoms with Crippen LogP contribution in [0, 0.1) is 6.92 Å². The summed E-state index contributed by atoms with van der Waals surface area (Å²) in [6, 6.07) is 7.19. The van der Waals surface area contributed by atoms with Crippen molar-refractivity contribution in [2.45, 2.75) is 26.4 Å². The van der Waals surface area contributed by atoms with E-state index in [9.17, 15) is 9.36 Å². The molecule has 5 nitrogen and oxygen atoms in total. The van der Waals surface area contributed by atoms with Crippen LogP contribution in [0.1, 0.15) is 30.6 Å². The zero-order valence-corrected chi connectivity index (χ0v) is 13.2. The Balaban J connectivity index is 3.30. The highest BCUT2D eigenvalue weighted by atomic mass is 31.2. The van der Waals surface area contributed by atoms with E-state index in [2.05, 4.69) is 0 Å². The molecule has 0 aliphatic rings. The SMILES string of the molecule is CCOP(=O)(OCC)[C@H](C(=O)OC)c1cccc(C)c1. The quantitative estimate of drug-likeness (QED) is 0.570. The summed E-state index contributed by atoms with van der Waals surface area (Å²) in [7, 11) is -2.36. The van der Waals surface area contributed by atoms with E-state index in [1.54, 1.807) is 32.0 Å². The number of benzene rings is 1. The molecule has 1 rings (SSSR count). The maximum atomic E-state index is 12.9. The highest BCUT2D eigenvalue weighted by molar-refractivity contribution is 7.55. The second-order valence-corrected chi connectivity index (χ2v) is 6.33. The molecule has 0 saturated carbocycles. The molecule has 0 heterocycles. The van der Waals surface area contributed by atoms with Gasteiger partial charge in [-0.05, 0) is 26.3 Å². The molecule has 0 bridgehead atoms. The molecule has 1 atom stereocenters. The molecule has 0 aromatic heterocycles. The minimum atomic E-state index is -3.62. The third kappa shape index (κ3) is 3.92. The fourth-order valence-electron chi connectivity index (χ4n) is 1.95. The first-order valence-electron chi connectivity index (χ1n) is 6.51. The third-order valence-electron chi connectivity index (χ3n) is 2.72. The smallest absolute Gasteiger partial charge is 0.349 e. The highest BCUT2D eigenvalue weighted by Gasteiger charge is 2.43. The first-order chi connectivity index (χ1) is 9.48. The van der Waals surface area contributed by atoms with Crippen LogP contribution in [0.4, 0.5) is 0 Å². The number of hydrogen-bond acceptors (Lipinski definition) is 5. The lowest BCUT2D eigenvalue weighted by Gasteiger charge is -2.24. The number of rotatable bonds is 7. The molecule has 0 unspecified atom stereocenters. The second kappa shape index (κ2) is 7.58. The van der Waals surface area contributed by atoms with Gasteiger partial charge in [-0.15, -0.1) is 0 Å². The summed E-state index contributed by atoms with van der Waals surface area (Å²) in [4.78, 5) is 12.1. The summed E-state index contributed by atoms with van der Waals surface area (Å²) in [6.07, 6.45) is 0. The molecule has 20 heavy (non-hydrogen) atoms. The average molecular weight is 300 g/mol. The topological polar surface area (TPSA) is 61.8 Å². The van der Waals surface area contributed by atoms with Crippen LogP contribution in [0.3, 0.4) is 0 Å². The summed E-state index contributed by atoms with van der Waals surface area (Å²) in [6.45, 7) is 5.68. The van der Waals surface area contributed by atoms with Crippen molar-refractivity contribution in [1.29, 1.82) is 0 Å². The highest BCUT2D eigenvalue weighted by Crippen LogP contribution is 2.61. The van der Waals surface area contributed by atoms with Crippen molar-refractivity contribution >= 4 is 13.6 Å². The number of ether oxygens (including phenoxy) is 1. The van der Waals surface area contributed by atoms with E-state index in [-0.39, 0.29) is 13.2 Å². The average Bonchev–Trinajstić information content (AvgIpc) is 2.39. The predicted octanol–water partition coefficient (Wildman–Crippen LogP) is 3.48. The molecule has 0 aliphatic carbocycles. The van der Waals surface area contributed by atoms with Gasteiger partial charge in [-0.25, -0.2) is 0 Å².